The number of aryl methyl sites for hydroxylation is 1. The van der Waals surface area contributed by atoms with Crippen molar-refractivity contribution in [3.05, 3.63) is 52.3 Å². The van der Waals surface area contributed by atoms with Crippen LogP contribution in [0.3, 0.4) is 0 Å². The molecule has 2 aromatic carbocycles. The molecule has 174 valence electrons. The number of carbonyl (C=O) groups excluding carboxylic acids is 4. The maximum atomic E-state index is 12.8. The van der Waals surface area contributed by atoms with Gasteiger partial charge >= 0.3 is 5.97 Å². The molecule has 3 amide bonds. The van der Waals surface area contributed by atoms with Crippen LogP contribution in [-0.2, 0) is 20.9 Å². The van der Waals surface area contributed by atoms with Gasteiger partial charge < -0.3 is 18.8 Å². The van der Waals surface area contributed by atoms with E-state index in [2.05, 4.69) is 4.99 Å². The molecular weight excluding hydrogens is 462 g/mol. The first-order valence-corrected chi connectivity index (χ1v) is 11.3. The minimum absolute atomic E-state index is 0.0660. The summed E-state index contributed by atoms with van der Waals surface area (Å²) in [4.78, 5) is 55.2. The first-order chi connectivity index (χ1) is 16.5. The van der Waals surface area contributed by atoms with Crippen LogP contribution in [-0.4, -0.2) is 60.0 Å². The maximum Gasteiger partial charge on any atom is 0.307 e. The Hall–Kier alpha value is -3.99. The molecule has 0 N–H and O–H groups in total. The van der Waals surface area contributed by atoms with Crippen molar-refractivity contribution >= 4 is 45.2 Å². The van der Waals surface area contributed by atoms with Crippen molar-refractivity contribution in [2.75, 3.05) is 26.9 Å². The summed E-state index contributed by atoms with van der Waals surface area (Å²) in [7, 11) is 1.30. The predicted octanol–water partition coefficient (Wildman–Crippen LogP) is 1.76. The smallest absolute Gasteiger partial charge is 0.307 e. The third kappa shape index (κ3) is 3.83. The van der Waals surface area contributed by atoms with Gasteiger partial charge in [-0.2, -0.15) is 4.99 Å². The van der Waals surface area contributed by atoms with Crippen LogP contribution >= 0.6 is 11.3 Å². The zero-order valence-electron chi connectivity index (χ0n) is 18.1. The van der Waals surface area contributed by atoms with E-state index in [0.29, 0.717) is 35.0 Å². The number of nitrogens with zero attached hydrogens (tertiary/aromatic N) is 3. The molecule has 0 fully saturated rings. The van der Waals surface area contributed by atoms with E-state index in [0.717, 1.165) is 9.60 Å². The number of esters is 1. The fourth-order valence-corrected chi connectivity index (χ4v) is 4.96. The molecular formula is C23H19N3O7S. The van der Waals surface area contributed by atoms with Gasteiger partial charge in [-0.1, -0.05) is 23.5 Å². The van der Waals surface area contributed by atoms with Crippen molar-refractivity contribution in [2.45, 2.75) is 13.0 Å². The Balaban J connectivity index is 1.49. The lowest BCUT2D eigenvalue weighted by Crippen LogP contribution is -2.35. The first-order valence-electron chi connectivity index (χ1n) is 10.5. The molecule has 2 aliphatic heterocycles. The van der Waals surface area contributed by atoms with Crippen LogP contribution in [0.15, 0.2) is 41.4 Å². The number of thiazole rings is 1. The quantitative estimate of drug-likeness (QED) is 0.403. The molecule has 0 spiro atoms. The highest BCUT2D eigenvalue weighted by atomic mass is 32.1. The Labute approximate surface area is 197 Å². The molecule has 0 aliphatic carbocycles. The van der Waals surface area contributed by atoms with E-state index in [4.69, 9.17) is 14.2 Å². The number of rotatable bonds is 5. The number of methoxy groups -OCH3 is 1. The molecule has 3 heterocycles. The van der Waals surface area contributed by atoms with Crippen LogP contribution in [0.4, 0.5) is 0 Å². The lowest BCUT2D eigenvalue weighted by Gasteiger charge is -2.18. The Morgan fingerprint density at radius 1 is 1.06 bits per heavy atom. The van der Waals surface area contributed by atoms with E-state index in [1.807, 2.05) is 0 Å². The normalized spacial score (nSPS) is 15.1. The van der Waals surface area contributed by atoms with Crippen molar-refractivity contribution in [3.63, 3.8) is 0 Å². The van der Waals surface area contributed by atoms with Crippen LogP contribution in [0.5, 0.6) is 11.5 Å². The van der Waals surface area contributed by atoms with Crippen molar-refractivity contribution in [1.29, 1.82) is 0 Å². The molecule has 0 unspecified atom stereocenters. The summed E-state index contributed by atoms with van der Waals surface area (Å²) in [5.41, 5.74) is 1.24. The number of amides is 3. The Kier molecular flexibility index (Phi) is 5.62. The van der Waals surface area contributed by atoms with E-state index in [9.17, 15) is 19.2 Å². The summed E-state index contributed by atoms with van der Waals surface area (Å²) in [5.74, 6) is -0.976. The minimum Gasteiger partial charge on any atom is -0.486 e. The maximum absolute atomic E-state index is 12.8. The first kappa shape index (κ1) is 21.8. The van der Waals surface area contributed by atoms with Gasteiger partial charge in [-0.15, -0.1) is 0 Å². The Morgan fingerprint density at radius 3 is 2.35 bits per heavy atom. The van der Waals surface area contributed by atoms with Crippen LogP contribution < -0.4 is 14.3 Å². The van der Waals surface area contributed by atoms with Crippen molar-refractivity contribution in [3.8, 4) is 11.5 Å². The van der Waals surface area contributed by atoms with Gasteiger partial charge in [0.15, 0.2) is 16.3 Å². The second-order valence-electron chi connectivity index (χ2n) is 7.57. The molecule has 0 atom stereocenters. The molecule has 5 rings (SSSR count). The lowest BCUT2D eigenvalue weighted by atomic mass is 10.1. The zero-order chi connectivity index (χ0) is 23.8. The van der Waals surface area contributed by atoms with Gasteiger partial charge in [-0.3, -0.25) is 24.1 Å². The molecule has 2 aliphatic rings. The van der Waals surface area contributed by atoms with Gasteiger partial charge in [0, 0.05) is 18.7 Å². The van der Waals surface area contributed by atoms with E-state index in [1.54, 1.807) is 41.0 Å². The number of hydrogen-bond donors (Lipinski definition) is 0. The molecule has 1 aromatic heterocycles. The molecule has 0 radical (unpaired) electrons. The second-order valence-corrected chi connectivity index (χ2v) is 8.58. The van der Waals surface area contributed by atoms with E-state index in [1.165, 1.54) is 18.4 Å². The van der Waals surface area contributed by atoms with Gasteiger partial charge in [-0.05, 0) is 12.1 Å². The third-order valence-electron chi connectivity index (χ3n) is 5.51. The van der Waals surface area contributed by atoms with Crippen molar-refractivity contribution < 1.29 is 33.4 Å². The second kappa shape index (κ2) is 8.75. The number of aromatic nitrogens is 1. The number of carbonyl (C=O) groups is 4. The fourth-order valence-electron chi connectivity index (χ4n) is 3.87. The van der Waals surface area contributed by atoms with Gasteiger partial charge in [0.1, 0.15) is 19.8 Å². The van der Waals surface area contributed by atoms with Crippen molar-refractivity contribution in [1.82, 2.24) is 9.47 Å². The third-order valence-corrected chi connectivity index (χ3v) is 6.55. The molecule has 11 heteroatoms. The number of benzene rings is 2. The molecule has 0 bridgehead atoms. The number of fused-ring (bicyclic) bond motifs is 3. The summed E-state index contributed by atoms with van der Waals surface area (Å²) in [6.07, 6.45) is 0.0660. The number of imide groups is 1. The Bertz CT molecular complexity index is 1390. The summed E-state index contributed by atoms with van der Waals surface area (Å²) >= 11 is 1.23. The van der Waals surface area contributed by atoms with Crippen molar-refractivity contribution in [2.24, 2.45) is 4.99 Å². The summed E-state index contributed by atoms with van der Waals surface area (Å²) in [6, 6.07) is 10.0. The highest BCUT2D eigenvalue weighted by Gasteiger charge is 2.36. The highest BCUT2D eigenvalue weighted by Crippen LogP contribution is 2.35. The SMILES string of the molecule is COC(=O)CCn1c(=NC(=O)CN2C(=O)c3ccccc3C2=O)sc2cc3c(cc21)OCCO3. The predicted molar refractivity (Wildman–Crippen MR) is 120 cm³/mol. The van der Waals surface area contributed by atoms with Gasteiger partial charge in [-0.25, -0.2) is 0 Å². The summed E-state index contributed by atoms with van der Waals surface area (Å²) in [6.45, 7) is 0.578. The summed E-state index contributed by atoms with van der Waals surface area (Å²) in [5, 5.41) is 0. The van der Waals surface area contributed by atoms with Crippen LogP contribution in [0.25, 0.3) is 10.2 Å². The number of hydrogen-bond acceptors (Lipinski definition) is 8. The Morgan fingerprint density at radius 2 is 1.71 bits per heavy atom. The lowest BCUT2D eigenvalue weighted by molar-refractivity contribution is -0.140. The number of ether oxygens (including phenoxy) is 3. The van der Waals surface area contributed by atoms with Gasteiger partial charge in [0.25, 0.3) is 17.7 Å². The average molecular weight is 481 g/mol. The molecule has 0 saturated heterocycles. The van der Waals surface area contributed by atoms with Gasteiger partial charge in [0.2, 0.25) is 0 Å². The minimum atomic E-state index is -0.662. The van der Waals surface area contributed by atoms with Crippen LogP contribution in [0, 0.1) is 0 Å². The summed E-state index contributed by atoms with van der Waals surface area (Å²) < 4.78 is 18.5. The zero-order valence-corrected chi connectivity index (χ0v) is 18.9. The van der Waals surface area contributed by atoms with Crippen LogP contribution in [0.1, 0.15) is 27.1 Å². The van der Waals surface area contributed by atoms with E-state index >= 15 is 0 Å². The van der Waals surface area contributed by atoms with Gasteiger partial charge in [0.05, 0.1) is 34.9 Å². The molecule has 10 nitrogen and oxygen atoms in total. The fraction of sp³-hybridized carbons (Fsp3) is 0.261. The van der Waals surface area contributed by atoms with E-state index in [-0.39, 0.29) is 24.1 Å². The molecule has 0 saturated carbocycles. The largest absolute Gasteiger partial charge is 0.486 e. The topological polar surface area (TPSA) is 116 Å². The molecule has 34 heavy (non-hydrogen) atoms. The standard InChI is InChI=1S/C23H19N3O7S/c1-31-20(28)6-7-25-15-10-16-17(33-9-8-32-16)11-18(15)34-23(25)24-19(27)12-26-21(29)13-4-2-3-5-14(13)22(26)30/h2-5,10-11H,6-9,12H2,1H3. The molecule has 3 aromatic rings. The average Bonchev–Trinajstić information content (AvgIpc) is 3.30. The van der Waals surface area contributed by atoms with E-state index < -0.39 is 30.2 Å². The highest BCUT2D eigenvalue weighted by molar-refractivity contribution is 7.16. The monoisotopic (exact) mass is 481 g/mol. The van der Waals surface area contributed by atoms with Crippen LogP contribution in [0.2, 0.25) is 0 Å².